The Morgan fingerprint density at radius 2 is 1.90 bits per heavy atom. The van der Waals surface area contributed by atoms with Crippen molar-refractivity contribution in [2.75, 3.05) is 19.6 Å². The Bertz CT molecular complexity index is 1110. The smallest absolute Gasteiger partial charge is 0.251 e. The highest BCUT2D eigenvalue weighted by Gasteiger charge is 2.27. The lowest BCUT2D eigenvalue weighted by Gasteiger charge is -2.15. The number of aromatic nitrogens is 2. The number of hydrogen-bond donors (Lipinski definition) is 1. The number of carbonyl (C=O) groups is 1. The summed E-state index contributed by atoms with van der Waals surface area (Å²) >= 11 is 1.64. The molecule has 1 N–H and O–H groups in total. The Morgan fingerprint density at radius 3 is 2.57 bits per heavy atom. The summed E-state index contributed by atoms with van der Waals surface area (Å²) in [5, 5.41) is 9.50. The van der Waals surface area contributed by atoms with Gasteiger partial charge in [0.15, 0.2) is 0 Å². The lowest BCUT2D eigenvalue weighted by molar-refractivity contribution is 0.0951. The molecule has 1 aromatic carbocycles. The van der Waals surface area contributed by atoms with Crippen molar-refractivity contribution in [3.63, 3.8) is 0 Å². The van der Waals surface area contributed by atoms with Gasteiger partial charge in [0.25, 0.3) is 5.91 Å². The van der Waals surface area contributed by atoms with Crippen molar-refractivity contribution in [2.45, 2.75) is 31.2 Å². The van der Waals surface area contributed by atoms with Gasteiger partial charge in [-0.1, -0.05) is 6.07 Å². The van der Waals surface area contributed by atoms with Crippen LogP contribution in [0.2, 0.25) is 0 Å². The average Bonchev–Trinajstić information content (AvgIpc) is 3.50. The van der Waals surface area contributed by atoms with E-state index in [-0.39, 0.29) is 10.8 Å². The van der Waals surface area contributed by atoms with Gasteiger partial charge >= 0.3 is 0 Å². The van der Waals surface area contributed by atoms with Gasteiger partial charge in [-0.2, -0.15) is 9.40 Å². The summed E-state index contributed by atoms with van der Waals surface area (Å²) in [4.78, 5) is 13.8. The zero-order valence-corrected chi connectivity index (χ0v) is 18.4. The van der Waals surface area contributed by atoms with Crippen molar-refractivity contribution in [3.8, 4) is 10.6 Å². The number of amides is 1. The molecule has 0 saturated carbocycles. The SMILES string of the molecule is Cc1cc(-c2cccs2)nn1CCNC(=O)c1ccc(S(=O)(=O)N2CCCC2)cc1. The minimum absolute atomic E-state index is 0.231. The van der Waals surface area contributed by atoms with Gasteiger partial charge < -0.3 is 5.32 Å². The van der Waals surface area contributed by atoms with Gasteiger partial charge in [0.05, 0.1) is 16.3 Å². The zero-order valence-electron chi connectivity index (χ0n) is 16.7. The number of aryl methyl sites for hydroxylation is 1. The number of nitrogens with zero attached hydrogens (tertiary/aromatic N) is 3. The van der Waals surface area contributed by atoms with E-state index in [1.165, 1.54) is 16.4 Å². The van der Waals surface area contributed by atoms with Crippen molar-refractivity contribution in [1.29, 1.82) is 0 Å². The van der Waals surface area contributed by atoms with E-state index in [0.29, 0.717) is 31.7 Å². The van der Waals surface area contributed by atoms with Gasteiger partial charge in [-0.05, 0) is 61.5 Å². The molecule has 4 rings (SSSR count). The summed E-state index contributed by atoms with van der Waals surface area (Å²) in [6.45, 7) is 4.10. The third-order valence-corrected chi connectivity index (χ3v) is 7.99. The molecule has 3 aromatic rings. The fraction of sp³-hybridized carbons (Fsp3) is 0.333. The molecule has 1 saturated heterocycles. The molecule has 1 fully saturated rings. The van der Waals surface area contributed by atoms with Gasteiger partial charge in [0.1, 0.15) is 5.69 Å². The first-order chi connectivity index (χ1) is 14.4. The average molecular weight is 445 g/mol. The number of nitrogens with one attached hydrogen (secondary N) is 1. The topological polar surface area (TPSA) is 84.3 Å². The monoisotopic (exact) mass is 444 g/mol. The summed E-state index contributed by atoms with van der Waals surface area (Å²) in [5.74, 6) is -0.233. The van der Waals surface area contributed by atoms with E-state index in [2.05, 4.69) is 10.4 Å². The summed E-state index contributed by atoms with van der Waals surface area (Å²) in [5.41, 5.74) is 2.40. The highest BCUT2D eigenvalue weighted by molar-refractivity contribution is 7.89. The molecule has 0 spiro atoms. The van der Waals surface area contributed by atoms with E-state index < -0.39 is 10.0 Å². The van der Waals surface area contributed by atoms with Crippen LogP contribution in [-0.4, -0.2) is 48.0 Å². The van der Waals surface area contributed by atoms with E-state index in [0.717, 1.165) is 29.1 Å². The highest BCUT2D eigenvalue weighted by atomic mass is 32.2. The molecule has 1 aliphatic rings. The molecule has 1 aliphatic heterocycles. The van der Waals surface area contributed by atoms with Crippen molar-refractivity contribution in [1.82, 2.24) is 19.4 Å². The summed E-state index contributed by atoms with van der Waals surface area (Å²) in [6, 6.07) is 12.2. The van der Waals surface area contributed by atoms with Crippen molar-refractivity contribution in [3.05, 3.63) is 59.1 Å². The third-order valence-electron chi connectivity index (χ3n) is 5.18. The molecular formula is C21H24N4O3S2. The van der Waals surface area contributed by atoms with Crippen LogP contribution in [0.25, 0.3) is 10.6 Å². The first-order valence-corrected chi connectivity index (χ1v) is 12.2. The maximum Gasteiger partial charge on any atom is 0.251 e. The second-order valence-corrected chi connectivity index (χ2v) is 10.1. The molecule has 9 heteroatoms. The number of thiophene rings is 1. The fourth-order valence-corrected chi connectivity index (χ4v) is 5.71. The molecule has 0 unspecified atom stereocenters. The molecule has 0 radical (unpaired) electrons. The molecular weight excluding hydrogens is 420 g/mol. The first kappa shape index (κ1) is 20.8. The van der Waals surface area contributed by atoms with Gasteiger partial charge in [0, 0.05) is 30.9 Å². The number of benzene rings is 1. The maximum absolute atomic E-state index is 12.6. The van der Waals surface area contributed by atoms with E-state index >= 15 is 0 Å². The van der Waals surface area contributed by atoms with Crippen molar-refractivity contribution in [2.24, 2.45) is 0 Å². The fourth-order valence-electron chi connectivity index (χ4n) is 3.51. The van der Waals surface area contributed by atoms with Crippen LogP contribution in [0.5, 0.6) is 0 Å². The largest absolute Gasteiger partial charge is 0.350 e. The molecule has 1 amide bonds. The van der Waals surface area contributed by atoms with Crippen LogP contribution in [-0.2, 0) is 16.6 Å². The van der Waals surface area contributed by atoms with Crippen LogP contribution >= 0.6 is 11.3 Å². The number of rotatable bonds is 7. The van der Waals surface area contributed by atoms with E-state index in [9.17, 15) is 13.2 Å². The Hall–Kier alpha value is -2.49. The predicted molar refractivity (Wildman–Crippen MR) is 117 cm³/mol. The molecule has 0 atom stereocenters. The lowest BCUT2D eigenvalue weighted by Crippen LogP contribution is -2.29. The third kappa shape index (κ3) is 4.33. The van der Waals surface area contributed by atoms with Crippen LogP contribution in [0.1, 0.15) is 28.9 Å². The molecule has 158 valence electrons. The molecule has 0 aliphatic carbocycles. The van der Waals surface area contributed by atoms with Crippen LogP contribution in [0.15, 0.2) is 52.7 Å². The Labute approximate surface area is 180 Å². The van der Waals surface area contributed by atoms with Crippen molar-refractivity contribution >= 4 is 27.3 Å². The molecule has 0 bridgehead atoms. The van der Waals surface area contributed by atoms with Crippen LogP contribution in [0, 0.1) is 6.92 Å². The van der Waals surface area contributed by atoms with Crippen LogP contribution in [0.4, 0.5) is 0 Å². The van der Waals surface area contributed by atoms with E-state index in [4.69, 9.17) is 0 Å². The Kier molecular flexibility index (Phi) is 6.03. The maximum atomic E-state index is 12.6. The Morgan fingerprint density at radius 1 is 1.17 bits per heavy atom. The number of hydrogen-bond acceptors (Lipinski definition) is 5. The van der Waals surface area contributed by atoms with Crippen molar-refractivity contribution < 1.29 is 13.2 Å². The minimum atomic E-state index is -3.46. The van der Waals surface area contributed by atoms with Gasteiger partial charge in [-0.25, -0.2) is 8.42 Å². The van der Waals surface area contributed by atoms with Gasteiger partial charge in [-0.3, -0.25) is 9.48 Å². The number of sulfonamides is 1. The quantitative estimate of drug-likeness (QED) is 0.607. The van der Waals surface area contributed by atoms with E-state index in [1.54, 1.807) is 23.5 Å². The summed E-state index contributed by atoms with van der Waals surface area (Å²) in [6.07, 6.45) is 1.79. The minimum Gasteiger partial charge on any atom is -0.350 e. The summed E-state index contributed by atoms with van der Waals surface area (Å²) in [7, 11) is -3.46. The van der Waals surface area contributed by atoms with E-state index in [1.807, 2.05) is 35.2 Å². The summed E-state index contributed by atoms with van der Waals surface area (Å²) < 4.78 is 28.5. The lowest BCUT2D eigenvalue weighted by atomic mass is 10.2. The van der Waals surface area contributed by atoms with Crippen LogP contribution < -0.4 is 5.32 Å². The van der Waals surface area contributed by atoms with Gasteiger partial charge in [0.2, 0.25) is 10.0 Å². The molecule has 2 aromatic heterocycles. The normalized spacial score (nSPS) is 14.8. The standard InChI is InChI=1S/C21H24N4O3S2/c1-16-15-19(20-5-4-14-29-20)23-25(16)13-10-22-21(26)17-6-8-18(9-7-17)30(27,28)24-11-2-3-12-24/h4-9,14-15H,2-3,10-13H2,1H3,(H,22,26). The molecule has 7 nitrogen and oxygen atoms in total. The van der Waals surface area contributed by atoms with Crippen LogP contribution in [0.3, 0.4) is 0 Å². The van der Waals surface area contributed by atoms with Gasteiger partial charge in [-0.15, -0.1) is 11.3 Å². The highest BCUT2D eigenvalue weighted by Crippen LogP contribution is 2.24. The molecule has 3 heterocycles. The molecule has 30 heavy (non-hydrogen) atoms. The predicted octanol–water partition coefficient (Wildman–Crippen LogP) is 3.13. The Balaban J connectivity index is 1.34. The first-order valence-electron chi connectivity index (χ1n) is 9.92. The second kappa shape index (κ2) is 8.71. The number of carbonyl (C=O) groups excluding carboxylic acids is 1. The second-order valence-electron chi connectivity index (χ2n) is 7.26. The zero-order chi connectivity index (χ0) is 21.1.